The average molecular weight is 636 g/mol. The zero-order valence-electron chi connectivity index (χ0n) is 22.3. The standard InChI is InChI=1S/C27H24O18/c28-11-1-8(2-12(29)18(11)34)24(38)42-7-17-21(37)22(44-25(39)9-3-13(30)19(35)14(31)4-9)23(27(41)43-17)45-26(40)10-5-15(32)20(36)16(33)6-10/h1-6,17,21-23,27-37,41H,7H2/t17-,21-,22-,23-,27-/m1/s1. The van der Waals surface area contributed by atoms with Gasteiger partial charge in [0.05, 0.1) is 16.7 Å². The van der Waals surface area contributed by atoms with Crippen LogP contribution in [0.2, 0.25) is 0 Å². The fourth-order valence-corrected chi connectivity index (χ4v) is 4.10. The van der Waals surface area contributed by atoms with Gasteiger partial charge in [-0.15, -0.1) is 0 Å². The number of hydrogen-bond acceptors (Lipinski definition) is 18. The van der Waals surface area contributed by atoms with Crippen molar-refractivity contribution in [2.75, 3.05) is 6.61 Å². The molecule has 0 aromatic heterocycles. The number of benzene rings is 3. The molecule has 18 heteroatoms. The van der Waals surface area contributed by atoms with E-state index in [9.17, 15) is 70.6 Å². The van der Waals surface area contributed by atoms with Crippen molar-refractivity contribution in [2.45, 2.75) is 30.7 Å². The van der Waals surface area contributed by atoms with Crippen molar-refractivity contribution in [3.8, 4) is 51.7 Å². The Bertz CT molecular complexity index is 1580. The summed E-state index contributed by atoms with van der Waals surface area (Å²) in [5.41, 5.74) is -1.64. The van der Waals surface area contributed by atoms with Crippen LogP contribution in [0.3, 0.4) is 0 Å². The van der Waals surface area contributed by atoms with Crippen LogP contribution < -0.4 is 0 Å². The maximum absolute atomic E-state index is 12.9. The molecule has 5 atom stereocenters. The first-order valence-electron chi connectivity index (χ1n) is 12.4. The molecular weight excluding hydrogens is 612 g/mol. The zero-order valence-corrected chi connectivity index (χ0v) is 22.3. The molecule has 4 rings (SSSR count). The summed E-state index contributed by atoms with van der Waals surface area (Å²) >= 11 is 0. The molecule has 1 aliphatic heterocycles. The SMILES string of the molecule is O=C(OC[C@H]1O[C@@H](O)[C@H](OC(=O)c2cc(O)c(O)c(O)c2)[C@H](OC(=O)c2cc(O)c(O)c(O)c2)[C@@H]1O)c1cc(O)c(O)c(O)c1. The Kier molecular flexibility index (Phi) is 8.84. The van der Waals surface area contributed by atoms with Crippen LogP contribution in [0.1, 0.15) is 31.1 Å². The predicted octanol–water partition coefficient (Wildman–Crippen LogP) is -0.277. The lowest BCUT2D eigenvalue weighted by atomic mass is 9.98. The smallest absolute Gasteiger partial charge is 0.339 e. The highest BCUT2D eigenvalue weighted by Gasteiger charge is 2.50. The molecule has 1 saturated heterocycles. The first kappa shape index (κ1) is 32.1. The van der Waals surface area contributed by atoms with Crippen molar-refractivity contribution < 1.29 is 89.5 Å². The molecule has 0 saturated carbocycles. The Hall–Kier alpha value is -5.85. The summed E-state index contributed by atoms with van der Waals surface area (Å²) in [5, 5.41) is 108. The second-order valence-electron chi connectivity index (χ2n) is 9.48. The molecule has 0 unspecified atom stereocenters. The van der Waals surface area contributed by atoms with E-state index in [4.69, 9.17) is 18.9 Å². The second-order valence-corrected chi connectivity index (χ2v) is 9.48. The van der Waals surface area contributed by atoms with Crippen LogP contribution in [0, 0.1) is 0 Å². The molecule has 3 aromatic carbocycles. The molecule has 240 valence electrons. The number of phenolic OH excluding ortho intramolecular Hbond substituents is 9. The lowest BCUT2D eigenvalue weighted by Gasteiger charge is -2.41. The van der Waals surface area contributed by atoms with E-state index in [1.54, 1.807) is 0 Å². The normalized spacial score (nSPS) is 21.1. The van der Waals surface area contributed by atoms with Crippen LogP contribution >= 0.6 is 0 Å². The van der Waals surface area contributed by atoms with E-state index < -0.39 is 124 Å². The number of aromatic hydroxyl groups is 9. The van der Waals surface area contributed by atoms with Crippen LogP contribution in [0.5, 0.6) is 51.7 Å². The van der Waals surface area contributed by atoms with Gasteiger partial charge in [-0.3, -0.25) is 0 Å². The predicted molar refractivity (Wildman–Crippen MR) is 140 cm³/mol. The molecule has 0 spiro atoms. The van der Waals surface area contributed by atoms with E-state index >= 15 is 0 Å². The van der Waals surface area contributed by atoms with Gasteiger partial charge in [0.25, 0.3) is 0 Å². The Morgan fingerprint density at radius 2 is 0.889 bits per heavy atom. The second kappa shape index (κ2) is 12.4. The molecule has 1 fully saturated rings. The molecule has 0 aliphatic carbocycles. The van der Waals surface area contributed by atoms with Crippen molar-refractivity contribution >= 4 is 17.9 Å². The third-order valence-corrected chi connectivity index (χ3v) is 6.42. The number of esters is 3. The zero-order chi connectivity index (χ0) is 33.3. The first-order valence-corrected chi connectivity index (χ1v) is 12.4. The molecule has 1 aliphatic rings. The van der Waals surface area contributed by atoms with Gasteiger partial charge in [0.1, 0.15) is 18.8 Å². The van der Waals surface area contributed by atoms with Crippen LogP contribution in [0.4, 0.5) is 0 Å². The molecule has 11 N–H and O–H groups in total. The monoisotopic (exact) mass is 636 g/mol. The van der Waals surface area contributed by atoms with Gasteiger partial charge in [0.2, 0.25) is 0 Å². The minimum absolute atomic E-state index is 0.462. The van der Waals surface area contributed by atoms with Gasteiger partial charge in [-0.2, -0.15) is 0 Å². The Balaban J connectivity index is 1.60. The van der Waals surface area contributed by atoms with Crippen molar-refractivity contribution in [3.05, 3.63) is 53.1 Å². The Morgan fingerprint density at radius 3 is 1.27 bits per heavy atom. The lowest BCUT2D eigenvalue weighted by molar-refractivity contribution is -0.284. The van der Waals surface area contributed by atoms with Crippen molar-refractivity contribution in [1.29, 1.82) is 0 Å². The van der Waals surface area contributed by atoms with Gasteiger partial charge in [0.15, 0.2) is 70.2 Å². The Labute approximate surface area is 249 Å². The van der Waals surface area contributed by atoms with Crippen LogP contribution in [-0.2, 0) is 18.9 Å². The highest BCUT2D eigenvalue weighted by atomic mass is 16.7. The van der Waals surface area contributed by atoms with Crippen LogP contribution in [0.25, 0.3) is 0 Å². The van der Waals surface area contributed by atoms with Gasteiger partial charge < -0.3 is 75.1 Å². The fourth-order valence-electron chi connectivity index (χ4n) is 4.10. The fraction of sp³-hybridized carbons (Fsp3) is 0.222. The highest BCUT2D eigenvalue weighted by Crippen LogP contribution is 2.38. The van der Waals surface area contributed by atoms with Gasteiger partial charge in [0, 0.05) is 0 Å². The number of hydrogen-bond donors (Lipinski definition) is 11. The molecule has 0 radical (unpaired) electrons. The average Bonchev–Trinajstić information content (AvgIpc) is 2.98. The molecule has 18 nitrogen and oxygen atoms in total. The van der Waals surface area contributed by atoms with Crippen molar-refractivity contribution in [3.63, 3.8) is 0 Å². The van der Waals surface area contributed by atoms with E-state index in [-0.39, 0.29) is 0 Å². The number of ether oxygens (including phenoxy) is 4. The van der Waals surface area contributed by atoms with Crippen LogP contribution in [-0.4, -0.2) is 111 Å². The van der Waals surface area contributed by atoms with E-state index in [0.29, 0.717) is 24.3 Å². The van der Waals surface area contributed by atoms with Crippen molar-refractivity contribution in [2.24, 2.45) is 0 Å². The summed E-state index contributed by atoms with van der Waals surface area (Å²) in [6, 6.07) is 4.18. The molecule has 45 heavy (non-hydrogen) atoms. The van der Waals surface area contributed by atoms with Gasteiger partial charge >= 0.3 is 17.9 Å². The molecule has 0 bridgehead atoms. The van der Waals surface area contributed by atoms with Gasteiger partial charge in [-0.05, 0) is 36.4 Å². The third kappa shape index (κ3) is 6.56. The largest absolute Gasteiger partial charge is 0.504 e. The summed E-state index contributed by atoms with van der Waals surface area (Å²) in [6.45, 7) is -0.894. The summed E-state index contributed by atoms with van der Waals surface area (Å²) in [5.74, 6) is -12.4. The van der Waals surface area contributed by atoms with Crippen LogP contribution in [0.15, 0.2) is 36.4 Å². The topological polar surface area (TPSA) is 311 Å². The maximum atomic E-state index is 12.9. The quantitative estimate of drug-likeness (QED) is 0.0902. The molecule has 1 heterocycles. The van der Waals surface area contributed by atoms with E-state index in [1.807, 2.05) is 0 Å². The summed E-state index contributed by atoms with van der Waals surface area (Å²) in [4.78, 5) is 38.2. The van der Waals surface area contributed by atoms with Gasteiger partial charge in [-0.1, -0.05) is 0 Å². The van der Waals surface area contributed by atoms with E-state index in [2.05, 4.69) is 0 Å². The number of phenols is 9. The lowest BCUT2D eigenvalue weighted by Crippen LogP contribution is -2.61. The summed E-state index contributed by atoms with van der Waals surface area (Å²) in [7, 11) is 0. The van der Waals surface area contributed by atoms with E-state index in [1.165, 1.54) is 0 Å². The highest BCUT2D eigenvalue weighted by molar-refractivity contribution is 5.92. The minimum atomic E-state index is -2.23. The number of carbonyl (C=O) groups excluding carboxylic acids is 3. The van der Waals surface area contributed by atoms with Gasteiger partial charge in [-0.25, -0.2) is 14.4 Å². The third-order valence-electron chi connectivity index (χ3n) is 6.42. The molecular formula is C27H24O18. The summed E-state index contributed by atoms with van der Waals surface area (Å²) in [6.07, 6.45) is -10.2. The maximum Gasteiger partial charge on any atom is 0.339 e. The molecule has 3 aromatic rings. The van der Waals surface area contributed by atoms with Crippen molar-refractivity contribution in [1.82, 2.24) is 0 Å². The molecule has 0 amide bonds. The first-order chi connectivity index (χ1) is 21.1. The number of rotatable bonds is 7. The number of aliphatic hydroxyl groups is 2. The number of carbonyl (C=O) groups is 3. The van der Waals surface area contributed by atoms with E-state index in [0.717, 1.165) is 12.1 Å². The summed E-state index contributed by atoms with van der Waals surface area (Å²) < 4.78 is 20.5. The Morgan fingerprint density at radius 1 is 0.556 bits per heavy atom. The minimum Gasteiger partial charge on any atom is -0.504 e. The number of aliphatic hydroxyl groups excluding tert-OH is 2.